The summed E-state index contributed by atoms with van der Waals surface area (Å²) in [5, 5.41) is 18.3. The molecule has 0 saturated carbocycles. The van der Waals surface area contributed by atoms with Crippen molar-refractivity contribution in [1.82, 2.24) is 0 Å². The van der Waals surface area contributed by atoms with E-state index in [-0.39, 0.29) is 18.6 Å². The number of aliphatic carboxylic acids is 1. The largest absolute Gasteiger partial charge is 0.481 e. The third-order valence-corrected chi connectivity index (χ3v) is 3.81. The monoisotopic (exact) mass is 278 g/mol. The molecule has 1 aromatic rings. The van der Waals surface area contributed by atoms with E-state index in [1.165, 1.54) is 0 Å². The second kappa shape index (κ2) is 6.72. The topological polar surface area (TPSA) is 86.8 Å². The van der Waals surface area contributed by atoms with Crippen molar-refractivity contribution in [1.29, 1.82) is 0 Å². The van der Waals surface area contributed by atoms with Gasteiger partial charge < -0.3 is 20.8 Å². The van der Waals surface area contributed by atoms with Gasteiger partial charge in [-0.1, -0.05) is 18.2 Å². The van der Waals surface area contributed by atoms with Crippen LogP contribution in [0.4, 0.5) is 5.69 Å². The number of nitrogens with two attached hydrogens (primary N) is 1. The summed E-state index contributed by atoms with van der Waals surface area (Å²) in [4.78, 5) is 12.9. The van der Waals surface area contributed by atoms with E-state index in [2.05, 4.69) is 4.90 Å². The van der Waals surface area contributed by atoms with Crippen LogP contribution in [0, 0.1) is 0 Å². The third kappa shape index (κ3) is 3.71. The third-order valence-electron chi connectivity index (χ3n) is 3.81. The van der Waals surface area contributed by atoms with Crippen molar-refractivity contribution in [2.24, 2.45) is 5.73 Å². The van der Waals surface area contributed by atoms with Gasteiger partial charge in [0.25, 0.3) is 0 Å². The lowest BCUT2D eigenvalue weighted by molar-refractivity contribution is -0.137. The molecule has 5 nitrogen and oxygen atoms in total. The van der Waals surface area contributed by atoms with E-state index in [1.807, 2.05) is 24.3 Å². The van der Waals surface area contributed by atoms with Gasteiger partial charge in [-0.15, -0.1) is 0 Å². The average molecular weight is 278 g/mol. The molecule has 1 saturated heterocycles. The van der Waals surface area contributed by atoms with E-state index in [0.29, 0.717) is 6.42 Å². The number of anilines is 1. The highest BCUT2D eigenvalue weighted by molar-refractivity contribution is 5.67. The van der Waals surface area contributed by atoms with Crippen molar-refractivity contribution < 1.29 is 15.0 Å². The van der Waals surface area contributed by atoms with Gasteiger partial charge in [0.2, 0.25) is 0 Å². The number of carbonyl (C=O) groups is 1. The van der Waals surface area contributed by atoms with Gasteiger partial charge in [-0.3, -0.25) is 4.79 Å². The number of hydrogen-bond donors (Lipinski definition) is 3. The molecule has 0 spiro atoms. The predicted molar refractivity (Wildman–Crippen MR) is 77.7 cm³/mol. The van der Waals surface area contributed by atoms with Crippen molar-refractivity contribution in [2.75, 3.05) is 18.0 Å². The van der Waals surface area contributed by atoms with E-state index in [9.17, 15) is 9.90 Å². The lowest BCUT2D eigenvalue weighted by Gasteiger charge is -2.33. The minimum absolute atomic E-state index is 0.0776. The summed E-state index contributed by atoms with van der Waals surface area (Å²) < 4.78 is 0. The van der Waals surface area contributed by atoms with Crippen molar-refractivity contribution in [3.05, 3.63) is 29.8 Å². The first-order chi connectivity index (χ1) is 9.58. The highest BCUT2D eigenvalue weighted by Crippen LogP contribution is 2.29. The summed E-state index contributed by atoms with van der Waals surface area (Å²) in [7, 11) is 0. The number of carboxylic acid groups (broad SMARTS) is 1. The number of aliphatic hydroxyl groups excluding tert-OH is 1. The van der Waals surface area contributed by atoms with Crippen LogP contribution in [0.3, 0.4) is 0 Å². The fraction of sp³-hybridized carbons (Fsp3) is 0.533. The minimum Gasteiger partial charge on any atom is -0.481 e. The minimum atomic E-state index is -0.820. The molecule has 110 valence electrons. The molecule has 1 fully saturated rings. The number of carboxylic acids is 1. The number of hydrogen-bond acceptors (Lipinski definition) is 4. The molecule has 1 aromatic carbocycles. The maximum absolute atomic E-state index is 10.7. The van der Waals surface area contributed by atoms with Crippen LogP contribution < -0.4 is 10.6 Å². The Morgan fingerprint density at radius 3 is 2.65 bits per heavy atom. The highest BCUT2D eigenvalue weighted by atomic mass is 16.4. The summed E-state index contributed by atoms with van der Waals surface area (Å²) >= 11 is 0. The van der Waals surface area contributed by atoms with Crippen LogP contribution in [-0.4, -0.2) is 35.4 Å². The zero-order valence-electron chi connectivity index (χ0n) is 11.5. The smallest absolute Gasteiger partial charge is 0.303 e. The van der Waals surface area contributed by atoms with Crippen molar-refractivity contribution in [3.8, 4) is 0 Å². The summed E-state index contributed by atoms with van der Waals surface area (Å²) in [6.07, 6.45) is 1.83. The first-order valence-electron chi connectivity index (χ1n) is 7.07. The van der Waals surface area contributed by atoms with Crippen LogP contribution in [0.2, 0.25) is 0 Å². The van der Waals surface area contributed by atoms with Crippen LogP contribution in [0.15, 0.2) is 24.3 Å². The van der Waals surface area contributed by atoms with Crippen molar-refractivity contribution >= 4 is 11.7 Å². The van der Waals surface area contributed by atoms with Gasteiger partial charge in [0.05, 0.1) is 6.10 Å². The Morgan fingerprint density at radius 1 is 1.35 bits per heavy atom. The molecular weight excluding hydrogens is 256 g/mol. The second-order valence-corrected chi connectivity index (χ2v) is 5.32. The molecule has 4 N–H and O–H groups in total. The highest BCUT2D eigenvalue weighted by Gasteiger charge is 2.21. The van der Waals surface area contributed by atoms with E-state index < -0.39 is 5.97 Å². The van der Waals surface area contributed by atoms with Gasteiger partial charge in [0.1, 0.15) is 0 Å². The molecule has 5 heteroatoms. The Morgan fingerprint density at radius 2 is 2.00 bits per heavy atom. The molecule has 20 heavy (non-hydrogen) atoms. The first-order valence-corrected chi connectivity index (χ1v) is 7.07. The van der Waals surface area contributed by atoms with Crippen LogP contribution in [0.5, 0.6) is 0 Å². The molecule has 0 amide bonds. The molecule has 0 bridgehead atoms. The zero-order valence-corrected chi connectivity index (χ0v) is 11.5. The summed E-state index contributed by atoms with van der Waals surface area (Å²) in [6, 6.07) is 7.61. The zero-order chi connectivity index (χ0) is 14.5. The molecule has 1 aliphatic rings. The van der Waals surface area contributed by atoms with E-state index in [1.54, 1.807) is 0 Å². The van der Waals surface area contributed by atoms with E-state index in [4.69, 9.17) is 10.8 Å². The summed E-state index contributed by atoms with van der Waals surface area (Å²) in [5.41, 5.74) is 8.20. The Labute approximate surface area is 119 Å². The summed E-state index contributed by atoms with van der Waals surface area (Å²) in [5.74, 6) is -0.820. The standard InChI is InChI=1S/C15H22N2O3/c16-13(5-6-15(19)20)12-3-1-2-4-14(12)17-9-7-11(18)8-10-17/h1-4,11,13,18H,5-10,16H2,(H,19,20)/t13-/m0/s1. The number of piperidine rings is 1. The lowest BCUT2D eigenvalue weighted by atomic mass is 9.98. The Balaban J connectivity index is 2.11. The Kier molecular flexibility index (Phi) is 4.98. The molecule has 0 aliphatic carbocycles. The van der Waals surface area contributed by atoms with E-state index >= 15 is 0 Å². The Hall–Kier alpha value is -1.59. The molecule has 0 unspecified atom stereocenters. The average Bonchev–Trinajstić information content (AvgIpc) is 2.45. The maximum Gasteiger partial charge on any atom is 0.303 e. The maximum atomic E-state index is 10.7. The van der Waals surface area contributed by atoms with Gasteiger partial charge in [-0.25, -0.2) is 0 Å². The summed E-state index contributed by atoms with van der Waals surface area (Å²) in [6.45, 7) is 1.62. The van der Waals surface area contributed by atoms with Gasteiger partial charge in [0.15, 0.2) is 0 Å². The van der Waals surface area contributed by atoms with Crippen LogP contribution in [0.25, 0.3) is 0 Å². The molecule has 1 aliphatic heterocycles. The molecule has 2 rings (SSSR count). The number of nitrogens with zero attached hydrogens (tertiary/aromatic N) is 1. The van der Waals surface area contributed by atoms with Gasteiger partial charge >= 0.3 is 5.97 Å². The van der Waals surface area contributed by atoms with Crippen molar-refractivity contribution in [3.63, 3.8) is 0 Å². The SMILES string of the molecule is N[C@@H](CCC(=O)O)c1ccccc1N1CCC(O)CC1. The first kappa shape index (κ1) is 14.8. The van der Waals surface area contributed by atoms with Gasteiger partial charge in [-0.2, -0.15) is 0 Å². The normalized spacial score (nSPS) is 18.0. The molecule has 1 atom stereocenters. The number of benzene rings is 1. The number of rotatable bonds is 5. The quantitative estimate of drug-likeness (QED) is 0.760. The lowest BCUT2D eigenvalue weighted by Crippen LogP contribution is -2.36. The number of aliphatic hydroxyl groups is 1. The molecule has 0 radical (unpaired) electrons. The fourth-order valence-electron chi connectivity index (χ4n) is 2.63. The van der Waals surface area contributed by atoms with Gasteiger partial charge in [0, 0.05) is 31.2 Å². The molecule has 0 aromatic heterocycles. The van der Waals surface area contributed by atoms with Gasteiger partial charge in [-0.05, 0) is 30.9 Å². The van der Waals surface area contributed by atoms with E-state index in [0.717, 1.165) is 37.2 Å². The fourth-order valence-corrected chi connectivity index (χ4v) is 2.63. The van der Waals surface area contributed by atoms with Crippen LogP contribution >= 0.6 is 0 Å². The molecule has 1 heterocycles. The van der Waals surface area contributed by atoms with Crippen LogP contribution in [-0.2, 0) is 4.79 Å². The van der Waals surface area contributed by atoms with Crippen LogP contribution in [0.1, 0.15) is 37.3 Å². The second-order valence-electron chi connectivity index (χ2n) is 5.32. The predicted octanol–water partition coefficient (Wildman–Crippen LogP) is 1.51. The van der Waals surface area contributed by atoms with Crippen molar-refractivity contribution in [2.45, 2.75) is 37.8 Å². The number of para-hydroxylation sites is 1. The Bertz CT molecular complexity index is 456. The molecular formula is C15H22N2O3.